The molecule has 0 atom stereocenters. The van der Waals surface area contributed by atoms with E-state index in [1.165, 1.54) is 94.1 Å². The topological polar surface area (TPSA) is 32.8 Å². The minimum Gasteiger partial charge on any atom is -0.456 e. The van der Waals surface area contributed by atoms with Crippen molar-refractivity contribution >= 4 is 101 Å². The largest absolute Gasteiger partial charge is 0.456 e. The zero-order valence-electron chi connectivity index (χ0n) is 43.6. The van der Waals surface area contributed by atoms with Crippen molar-refractivity contribution in [2.75, 3.05) is 9.71 Å². The van der Waals surface area contributed by atoms with E-state index in [0.29, 0.717) is 0 Å². The van der Waals surface area contributed by atoms with Gasteiger partial charge in [0.1, 0.15) is 22.3 Å². The smallest absolute Gasteiger partial charge is 0.333 e. The Bertz CT molecular complexity index is 4270. The fourth-order valence-electron chi connectivity index (χ4n) is 14.0. The highest BCUT2D eigenvalue weighted by Crippen LogP contribution is 2.56. The first-order chi connectivity index (χ1) is 35.0. The molecule has 4 heterocycles. The Labute approximate surface area is 428 Å². The van der Waals surface area contributed by atoms with Crippen LogP contribution < -0.4 is 20.6 Å². The lowest BCUT2D eigenvalue weighted by molar-refractivity contribution is 0.332. The summed E-state index contributed by atoms with van der Waals surface area (Å²) in [4.78, 5) is 5.27. The average Bonchev–Trinajstić information content (AvgIpc) is 4.00. The zero-order chi connectivity index (χ0) is 49.8. The van der Waals surface area contributed by atoms with Gasteiger partial charge in [-0.3, -0.25) is 0 Å². The molecule has 356 valence electrons. The molecule has 5 heteroatoms. The monoisotopic (exact) mass is 946 g/mol. The van der Waals surface area contributed by atoms with Gasteiger partial charge in [0.2, 0.25) is 0 Å². The molecule has 11 aromatic rings. The lowest BCUT2D eigenvalue weighted by Crippen LogP contribution is -2.61. The lowest BCUT2D eigenvalue weighted by atomic mass is 9.43. The van der Waals surface area contributed by atoms with Gasteiger partial charge in [0, 0.05) is 72.6 Å². The quantitative estimate of drug-likeness (QED) is 0.162. The standard InChI is InChI=1S/C68H59BN2O2/c1-38-31-40(65(2,3)4)24-28-54(38)70-56-37-60-47(46-33-51-52(36-59(46)72-60)67(7,8)30-29-66(51,5)6)34-53(56)69-63-57(70)35-48-45-20-14-16-22-58(45)73-64(48)62(63)61-42-18-12-11-17-39(42)23-27-55(61)71(69)41-25-26-44-43-19-13-15-21-49(43)68(9,10)50(44)32-41/h11-28,31-37H,29-30H2,1-10H3. The summed E-state index contributed by atoms with van der Waals surface area (Å²) in [6.45, 7) is 23.4. The number of fused-ring (bicyclic) bond motifs is 17. The van der Waals surface area contributed by atoms with Crippen LogP contribution in [0.4, 0.5) is 28.4 Å². The number of para-hydroxylation sites is 1. The first-order valence-electron chi connectivity index (χ1n) is 26.5. The zero-order valence-corrected chi connectivity index (χ0v) is 43.6. The number of hydrogen-bond acceptors (Lipinski definition) is 4. The van der Waals surface area contributed by atoms with Crippen molar-refractivity contribution in [3.63, 3.8) is 0 Å². The van der Waals surface area contributed by atoms with Gasteiger partial charge in [-0.15, -0.1) is 0 Å². The molecule has 0 fully saturated rings. The van der Waals surface area contributed by atoms with Gasteiger partial charge in [-0.2, -0.15) is 0 Å². The SMILES string of the molecule is Cc1cc(C(C)(C)C)ccc1N1c2cc3oc4cc5c(cc4c3cc2B2c3c1cc1c(oc4ccccc41)c3-c1c(ccc3ccccc13)N2c1ccc2c(c1)C(C)(C)c1ccccc1-2)C(C)(C)CCC5(C)C. The van der Waals surface area contributed by atoms with Crippen LogP contribution in [0.3, 0.4) is 0 Å². The second-order valence-electron chi connectivity index (χ2n) is 24.8. The van der Waals surface area contributed by atoms with Gasteiger partial charge in [0.15, 0.2) is 0 Å². The van der Waals surface area contributed by atoms with E-state index in [0.717, 1.165) is 68.4 Å². The van der Waals surface area contributed by atoms with Crippen molar-refractivity contribution in [3.8, 4) is 22.3 Å². The summed E-state index contributed by atoms with van der Waals surface area (Å²) in [7, 11) is 0. The molecule has 2 aliphatic carbocycles. The molecule has 2 aromatic heterocycles. The third-order valence-electron chi connectivity index (χ3n) is 18.2. The number of nitrogens with zero attached hydrogens (tertiary/aromatic N) is 2. The molecule has 15 rings (SSSR count). The summed E-state index contributed by atoms with van der Waals surface area (Å²) in [5.41, 5.74) is 25.0. The van der Waals surface area contributed by atoms with Crippen LogP contribution in [-0.4, -0.2) is 6.85 Å². The van der Waals surface area contributed by atoms with E-state index in [9.17, 15) is 0 Å². The van der Waals surface area contributed by atoms with Crippen LogP contribution in [0, 0.1) is 6.92 Å². The lowest BCUT2D eigenvalue weighted by Gasteiger charge is -2.46. The maximum atomic E-state index is 7.25. The molecular formula is C68H59BN2O2. The van der Waals surface area contributed by atoms with Crippen molar-refractivity contribution in [2.45, 2.75) is 104 Å². The van der Waals surface area contributed by atoms with Crippen molar-refractivity contribution in [3.05, 3.63) is 185 Å². The summed E-state index contributed by atoms with van der Waals surface area (Å²) in [6, 6.07) is 57.9. The van der Waals surface area contributed by atoms with Crippen molar-refractivity contribution in [2.24, 2.45) is 0 Å². The molecular weight excluding hydrogens is 888 g/mol. The number of benzene rings is 9. The van der Waals surface area contributed by atoms with Crippen LogP contribution in [0.5, 0.6) is 0 Å². The number of aryl methyl sites for hydroxylation is 1. The van der Waals surface area contributed by atoms with Gasteiger partial charge in [0.25, 0.3) is 0 Å². The summed E-state index contributed by atoms with van der Waals surface area (Å²) in [5.74, 6) is 0. The van der Waals surface area contributed by atoms with E-state index in [-0.39, 0.29) is 28.5 Å². The first kappa shape index (κ1) is 43.1. The molecule has 0 saturated heterocycles. The number of rotatable bonds is 2. The molecule has 0 bridgehead atoms. The van der Waals surface area contributed by atoms with Crippen molar-refractivity contribution < 1.29 is 8.83 Å². The average molecular weight is 947 g/mol. The summed E-state index contributed by atoms with van der Waals surface area (Å²) in [5, 5.41) is 6.98. The fraction of sp³-hybridized carbons (Fsp3) is 0.235. The third kappa shape index (κ3) is 5.74. The molecule has 2 aliphatic heterocycles. The van der Waals surface area contributed by atoms with Crippen molar-refractivity contribution in [1.29, 1.82) is 0 Å². The van der Waals surface area contributed by atoms with Crippen molar-refractivity contribution in [1.82, 2.24) is 0 Å². The van der Waals surface area contributed by atoms with Crippen LogP contribution in [-0.2, 0) is 21.7 Å². The second-order valence-corrected chi connectivity index (χ2v) is 24.8. The molecule has 0 radical (unpaired) electrons. The molecule has 0 N–H and O–H groups in total. The van der Waals surface area contributed by atoms with Gasteiger partial charge < -0.3 is 18.5 Å². The fourth-order valence-corrected chi connectivity index (χ4v) is 14.0. The summed E-state index contributed by atoms with van der Waals surface area (Å²) in [6.07, 6.45) is 2.30. The van der Waals surface area contributed by atoms with Gasteiger partial charge >= 0.3 is 6.85 Å². The van der Waals surface area contributed by atoms with E-state index in [4.69, 9.17) is 8.83 Å². The molecule has 4 aliphatic rings. The van der Waals surface area contributed by atoms with Crippen LogP contribution in [0.25, 0.3) is 76.9 Å². The molecule has 9 aromatic carbocycles. The minimum atomic E-state index is -0.246. The number of furan rings is 2. The Morgan fingerprint density at radius 2 is 1.18 bits per heavy atom. The molecule has 4 nitrogen and oxygen atoms in total. The highest BCUT2D eigenvalue weighted by molar-refractivity contribution is 6.94. The van der Waals surface area contributed by atoms with Gasteiger partial charge in [-0.05, 0) is 151 Å². The maximum Gasteiger partial charge on any atom is 0.333 e. The predicted molar refractivity (Wildman–Crippen MR) is 309 cm³/mol. The van der Waals surface area contributed by atoms with Crippen LogP contribution in [0.1, 0.15) is 109 Å². The van der Waals surface area contributed by atoms with E-state index in [1.54, 1.807) is 0 Å². The van der Waals surface area contributed by atoms with Gasteiger partial charge in [-0.25, -0.2) is 0 Å². The molecule has 73 heavy (non-hydrogen) atoms. The Morgan fingerprint density at radius 1 is 0.493 bits per heavy atom. The summed E-state index contributed by atoms with van der Waals surface area (Å²) >= 11 is 0. The van der Waals surface area contributed by atoms with E-state index >= 15 is 0 Å². The number of anilines is 5. The van der Waals surface area contributed by atoms with Crippen LogP contribution >= 0.6 is 0 Å². The molecule has 0 amide bonds. The van der Waals surface area contributed by atoms with Crippen LogP contribution in [0.15, 0.2) is 160 Å². The number of hydrogen-bond donors (Lipinski definition) is 0. The Hall–Kier alpha value is -7.50. The molecule has 0 spiro atoms. The summed E-state index contributed by atoms with van der Waals surface area (Å²) < 4.78 is 14.5. The maximum absolute atomic E-state index is 7.25. The van der Waals surface area contributed by atoms with E-state index < -0.39 is 0 Å². The minimum absolute atomic E-state index is 0.0121. The molecule has 0 saturated carbocycles. The van der Waals surface area contributed by atoms with Crippen LogP contribution in [0.2, 0.25) is 0 Å². The predicted octanol–water partition coefficient (Wildman–Crippen LogP) is 17.6. The first-order valence-corrected chi connectivity index (χ1v) is 26.5. The second kappa shape index (κ2) is 14.2. The van der Waals surface area contributed by atoms with Gasteiger partial charge in [-0.1, -0.05) is 159 Å². The van der Waals surface area contributed by atoms with E-state index in [1.807, 2.05) is 0 Å². The van der Waals surface area contributed by atoms with E-state index in [2.05, 4.69) is 231 Å². The Balaban J connectivity index is 1.11. The molecule has 0 unspecified atom stereocenters. The third-order valence-corrected chi connectivity index (χ3v) is 18.2. The van der Waals surface area contributed by atoms with Gasteiger partial charge in [0.05, 0.1) is 0 Å². The Kier molecular flexibility index (Phi) is 8.37. The normalized spacial score (nSPS) is 16.8. The highest BCUT2D eigenvalue weighted by atomic mass is 16.3. The highest BCUT2D eigenvalue weighted by Gasteiger charge is 2.49. The Morgan fingerprint density at radius 3 is 1.97 bits per heavy atom.